The van der Waals surface area contributed by atoms with Crippen molar-refractivity contribution in [1.82, 2.24) is 19.9 Å². The summed E-state index contributed by atoms with van der Waals surface area (Å²) in [5.41, 5.74) is 3.78. The van der Waals surface area contributed by atoms with E-state index in [1.165, 1.54) is 16.9 Å². The van der Waals surface area contributed by atoms with Gasteiger partial charge in [0.1, 0.15) is 5.01 Å². The minimum atomic E-state index is -0.0846. The summed E-state index contributed by atoms with van der Waals surface area (Å²) in [6, 6.07) is 5.71. The summed E-state index contributed by atoms with van der Waals surface area (Å²) in [5.74, 6) is -0.0846. The van der Waals surface area contributed by atoms with Crippen LogP contribution in [-0.4, -0.2) is 20.5 Å². The highest BCUT2D eigenvalue weighted by Crippen LogP contribution is 2.14. The van der Waals surface area contributed by atoms with Crippen LogP contribution in [0.4, 0.5) is 0 Å². The highest BCUT2D eigenvalue weighted by molar-refractivity contribution is 7.16. The minimum Gasteiger partial charge on any atom is -0.346 e. The molecule has 0 fully saturated rings. The maximum Gasteiger partial charge on any atom is 0.251 e. The Morgan fingerprint density at radius 3 is 2.81 bits per heavy atom. The van der Waals surface area contributed by atoms with Crippen LogP contribution in [0, 0.1) is 20.8 Å². The lowest BCUT2D eigenvalue weighted by Gasteiger charge is -2.05. The molecule has 1 aromatic carbocycles. The monoisotopic (exact) mass is 300 g/mol. The predicted octanol–water partition coefficient (Wildman–Crippen LogP) is 2.65. The van der Waals surface area contributed by atoms with E-state index >= 15 is 0 Å². The molecule has 0 radical (unpaired) electrons. The maximum atomic E-state index is 12.1. The van der Waals surface area contributed by atoms with Gasteiger partial charge in [0.25, 0.3) is 5.91 Å². The first kappa shape index (κ1) is 13.8. The van der Waals surface area contributed by atoms with Gasteiger partial charge < -0.3 is 5.32 Å². The Kier molecular flexibility index (Phi) is 3.47. The topological polar surface area (TPSA) is 59.3 Å². The summed E-state index contributed by atoms with van der Waals surface area (Å²) in [5, 5.41) is 8.16. The molecule has 0 aliphatic carbocycles. The molecule has 0 unspecified atom stereocenters. The highest BCUT2D eigenvalue weighted by Gasteiger charge is 2.09. The molecule has 2 aromatic heterocycles. The van der Waals surface area contributed by atoms with Crippen LogP contribution in [-0.2, 0) is 6.54 Å². The molecule has 3 aromatic rings. The first-order chi connectivity index (χ1) is 10.0. The van der Waals surface area contributed by atoms with Crippen molar-refractivity contribution in [1.29, 1.82) is 0 Å². The molecule has 1 N–H and O–H groups in total. The Labute approximate surface area is 126 Å². The molecule has 6 heteroatoms. The number of aromatic nitrogens is 3. The van der Waals surface area contributed by atoms with E-state index in [1.807, 2.05) is 45.2 Å². The molecule has 1 amide bonds. The summed E-state index contributed by atoms with van der Waals surface area (Å²) >= 11 is 1.54. The number of hydrogen-bond acceptors (Lipinski definition) is 4. The predicted molar refractivity (Wildman–Crippen MR) is 82.7 cm³/mol. The first-order valence-corrected chi connectivity index (χ1v) is 7.52. The van der Waals surface area contributed by atoms with Crippen molar-refractivity contribution >= 4 is 22.2 Å². The fourth-order valence-corrected chi connectivity index (χ4v) is 2.83. The van der Waals surface area contributed by atoms with Crippen molar-refractivity contribution in [2.75, 3.05) is 0 Å². The smallest absolute Gasteiger partial charge is 0.251 e. The molecular weight excluding hydrogens is 284 g/mol. The van der Waals surface area contributed by atoms with E-state index in [9.17, 15) is 4.79 Å². The lowest BCUT2D eigenvalue weighted by molar-refractivity contribution is 0.0950. The zero-order chi connectivity index (χ0) is 15.0. The average Bonchev–Trinajstić information content (AvgIpc) is 2.96. The van der Waals surface area contributed by atoms with Crippen LogP contribution in [0.5, 0.6) is 0 Å². The molecule has 0 spiro atoms. The number of fused-ring (bicyclic) bond motifs is 1. The van der Waals surface area contributed by atoms with Crippen molar-refractivity contribution in [3.8, 4) is 0 Å². The fraction of sp³-hybridized carbons (Fsp3) is 0.267. The molecule has 21 heavy (non-hydrogen) atoms. The molecule has 0 saturated carbocycles. The number of hydrogen-bond donors (Lipinski definition) is 1. The number of carbonyl (C=O) groups excluding carboxylic acids is 1. The van der Waals surface area contributed by atoms with Crippen LogP contribution < -0.4 is 5.32 Å². The van der Waals surface area contributed by atoms with Gasteiger partial charge in [0.05, 0.1) is 18.4 Å². The third-order valence-electron chi connectivity index (χ3n) is 3.39. The zero-order valence-corrected chi connectivity index (χ0v) is 13.0. The van der Waals surface area contributed by atoms with Crippen LogP contribution in [0.3, 0.4) is 0 Å². The molecule has 3 rings (SSSR count). The van der Waals surface area contributed by atoms with Gasteiger partial charge in [0.15, 0.2) is 0 Å². The number of nitrogens with zero attached hydrogens (tertiary/aromatic N) is 3. The number of imidazole rings is 1. The summed E-state index contributed by atoms with van der Waals surface area (Å²) in [4.78, 5) is 17.4. The number of benzene rings is 1. The molecule has 108 valence electrons. The van der Waals surface area contributed by atoms with Gasteiger partial charge in [0.2, 0.25) is 4.96 Å². The van der Waals surface area contributed by atoms with Gasteiger partial charge in [-0.3, -0.25) is 4.79 Å². The lowest BCUT2D eigenvalue weighted by Crippen LogP contribution is -2.23. The SMILES string of the molecule is Cc1nn2cc(CNC(=O)c3ccc(C)c(C)c3)nc2s1. The van der Waals surface area contributed by atoms with Crippen molar-refractivity contribution in [3.63, 3.8) is 0 Å². The molecule has 2 heterocycles. The summed E-state index contributed by atoms with van der Waals surface area (Å²) in [7, 11) is 0. The maximum absolute atomic E-state index is 12.1. The van der Waals surface area contributed by atoms with Gasteiger partial charge >= 0.3 is 0 Å². The van der Waals surface area contributed by atoms with Crippen LogP contribution in [0.15, 0.2) is 24.4 Å². The number of nitrogens with one attached hydrogen (secondary N) is 1. The fourth-order valence-electron chi connectivity index (χ4n) is 2.09. The first-order valence-electron chi connectivity index (χ1n) is 6.70. The second kappa shape index (κ2) is 5.29. The molecule has 0 saturated heterocycles. The van der Waals surface area contributed by atoms with E-state index in [0.29, 0.717) is 12.1 Å². The molecular formula is C15H16N4OS. The Bertz CT molecular complexity index is 787. The Balaban J connectivity index is 1.69. The number of amides is 1. The van der Waals surface area contributed by atoms with Gasteiger partial charge in [0, 0.05) is 5.56 Å². The Morgan fingerprint density at radius 1 is 1.29 bits per heavy atom. The van der Waals surface area contributed by atoms with Gasteiger partial charge in [-0.1, -0.05) is 17.4 Å². The number of aryl methyl sites for hydroxylation is 3. The van der Waals surface area contributed by atoms with Gasteiger partial charge in [-0.2, -0.15) is 5.10 Å². The standard InChI is InChI=1S/C15H16N4OS/c1-9-4-5-12(6-10(9)2)14(20)16-7-13-8-19-15(17-13)21-11(3)18-19/h4-6,8H,7H2,1-3H3,(H,16,20). The Hall–Kier alpha value is -2.21. The van der Waals surface area contributed by atoms with Crippen LogP contribution in [0.1, 0.15) is 32.2 Å². The van der Waals surface area contributed by atoms with E-state index in [0.717, 1.165) is 21.2 Å². The van der Waals surface area contributed by atoms with Gasteiger partial charge in [-0.05, 0) is 44.0 Å². The zero-order valence-electron chi connectivity index (χ0n) is 12.2. The van der Waals surface area contributed by atoms with Crippen LogP contribution in [0.2, 0.25) is 0 Å². The Morgan fingerprint density at radius 2 is 2.10 bits per heavy atom. The molecule has 0 atom stereocenters. The lowest BCUT2D eigenvalue weighted by atomic mass is 10.1. The van der Waals surface area contributed by atoms with Crippen molar-refractivity contribution in [2.45, 2.75) is 27.3 Å². The summed E-state index contributed by atoms with van der Waals surface area (Å²) in [6.07, 6.45) is 1.85. The van der Waals surface area contributed by atoms with Crippen LogP contribution >= 0.6 is 11.3 Å². The average molecular weight is 300 g/mol. The normalized spacial score (nSPS) is 11.0. The third-order valence-corrected chi connectivity index (χ3v) is 4.23. The molecule has 0 aliphatic rings. The van der Waals surface area contributed by atoms with E-state index in [4.69, 9.17) is 0 Å². The van der Waals surface area contributed by atoms with Crippen molar-refractivity contribution in [2.24, 2.45) is 0 Å². The second-order valence-corrected chi connectivity index (χ2v) is 6.22. The van der Waals surface area contributed by atoms with E-state index < -0.39 is 0 Å². The van der Waals surface area contributed by atoms with Crippen LogP contribution in [0.25, 0.3) is 4.96 Å². The van der Waals surface area contributed by atoms with Gasteiger partial charge in [-0.15, -0.1) is 0 Å². The van der Waals surface area contributed by atoms with E-state index in [-0.39, 0.29) is 5.91 Å². The van der Waals surface area contributed by atoms with Gasteiger partial charge in [-0.25, -0.2) is 9.50 Å². The van der Waals surface area contributed by atoms with E-state index in [2.05, 4.69) is 15.4 Å². The molecule has 0 aliphatic heterocycles. The number of carbonyl (C=O) groups is 1. The minimum absolute atomic E-state index is 0.0846. The third kappa shape index (κ3) is 2.80. The van der Waals surface area contributed by atoms with Crippen molar-refractivity contribution < 1.29 is 4.79 Å². The second-order valence-electron chi connectivity index (χ2n) is 5.06. The largest absolute Gasteiger partial charge is 0.346 e. The van der Waals surface area contributed by atoms with E-state index in [1.54, 1.807) is 4.52 Å². The molecule has 5 nitrogen and oxygen atoms in total. The highest BCUT2D eigenvalue weighted by atomic mass is 32.1. The quantitative estimate of drug-likeness (QED) is 0.809. The summed E-state index contributed by atoms with van der Waals surface area (Å²) in [6.45, 7) is 6.38. The van der Waals surface area contributed by atoms with Crippen molar-refractivity contribution in [3.05, 3.63) is 51.8 Å². The molecule has 0 bridgehead atoms. The number of rotatable bonds is 3. The summed E-state index contributed by atoms with van der Waals surface area (Å²) < 4.78 is 1.75.